The van der Waals surface area contributed by atoms with Crippen LogP contribution in [0.1, 0.15) is 12.8 Å². The van der Waals surface area contributed by atoms with Gasteiger partial charge < -0.3 is 20.5 Å². The third-order valence-corrected chi connectivity index (χ3v) is 2.90. The van der Waals surface area contributed by atoms with Crippen molar-refractivity contribution in [3.8, 4) is 11.5 Å². The standard InChI is InChI=1S/C12H18N2O2/c1-15-11-5-10(6-12(7-11)16-2)14-9-3-8(13)4-9/h5-9,14H,3-4,13H2,1-2H3. The minimum absolute atomic E-state index is 0.352. The molecule has 1 fully saturated rings. The molecule has 1 aliphatic carbocycles. The van der Waals surface area contributed by atoms with Crippen molar-refractivity contribution < 1.29 is 9.47 Å². The average molecular weight is 222 g/mol. The molecule has 0 spiro atoms. The van der Waals surface area contributed by atoms with E-state index in [1.54, 1.807) is 14.2 Å². The van der Waals surface area contributed by atoms with E-state index in [9.17, 15) is 0 Å². The first-order chi connectivity index (χ1) is 7.71. The lowest BCUT2D eigenvalue weighted by Crippen LogP contribution is -2.44. The molecule has 88 valence electrons. The molecule has 0 amide bonds. The largest absolute Gasteiger partial charge is 0.497 e. The van der Waals surface area contributed by atoms with Crippen LogP contribution in [0.2, 0.25) is 0 Å². The van der Waals surface area contributed by atoms with E-state index in [0.29, 0.717) is 12.1 Å². The third kappa shape index (κ3) is 2.39. The number of methoxy groups -OCH3 is 2. The first-order valence-electron chi connectivity index (χ1n) is 5.46. The third-order valence-electron chi connectivity index (χ3n) is 2.90. The first-order valence-corrected chi connectivity index (χ1v) is 5.46. The van der Waals surface area contributed by atoms with Gasteiger partial charge in [0.1, 0.15) is 11.5 Å². The highest BCUT2D eigenvalue weighted by molar-refractivity contribution is 5.54. The van der Waals surface area contributed by atoms with Crippen LogP contribution in [0, 0.1) is 0 Å². The second-order valence-electron chi connectivity index (χ2n) is 4.17. The molecule has 0 unspecified atom stereocenters. The molecule has 0 aromatic heterocycles. The van der Waals surface area contributed by atoms with E-state index < -0.39 is 0 Å². The van der Waals surface area contributed by atoms with Gasteiger partial charge in [-0.15, -0.1) is 0 Å². The van der Waals surface area contributed by atoms with Crippen LogP contribution in [0.4, 0.5) is 5.69 Å². The van der Waals surface area contributed by atoms with Gasteiger partial charge in [0.2, 0.25) is 0 Å². The van der Waals surface area contributed by atoms with E-state index in [0.717, 1.165) is 30.0 Å². The maximum atomic E-state index is 5.75. The predicted octanol–water partition coefficient (Wildman–Crippen LogP) is 1.61. The maximum absolute atomic E-state index is 5.75. The molecule has 1 aliphatic rings. The Hall–Kier alpha value is -1.42. The lowest BCUT2D eigenvalue weighted by Gasteiger charge is -2.33. The summed E-state index contributed by atoms with van der Waals surface area (Å²) >= 11 is 0. The molecule has 4 nitrogen and oxygen atoms in total. The number of nitrogens with two attached hydrogens (primary N) is 1. The van der Waals surface area contributed by atoms with Gasteiger partial charge >= 0.3 is 0 Å². The first kappa shape index (κ1) is 11.1. The Labute approximate surface area is 95.7 Å². The van der Waals surface area contributed by atoms with Crippen molar-refractivity contribution in [1.29, 1.82) is 0 Å². The van der Waals surface area contributed by atoms with Crippen molar-refractivity contribution in [1.82, 2.24) is 0 Å². The lowest BCUT2D eigenvalue weighted by molar-refractivity contribution is 0.372. The molecule has 3 N–H and O–H groups in total. The summed E-state index contributed by atoms with van der Waals surface area (Å²) in [4.78, 5) is 0. The Morgan fingerprint density at radius 1 is 1.12 bits per heavy atom. The summed E-state index contributed by atoms with van der Waals surface area (Å²) < 4.78 is 10.4. The van der Waals surface area contributed by atoms with Gasteiger partial charge in [-0.05, 0) is 12.8 Å². The van der Waals surface area contributed by atoms with Gasteiger partial charge in [0.25, 0.3) is 0 Å². The highest BCUT2D eigenvalue weighted by Crippen LogP contribution is 2.29. The van der Waals surface area contributed by atoms with Crippen molar-refractivity contribution in [2.24, 2.45) is 5.73 Å². The van der Waals surface area contributed by atoms with Crippen molar-refractivity contribution in [3.63, 3.8) is 0 Å². The number of benzene rings is 1. The van der Waals surface area contributed by atoms with E-state index in [1.165, 1.54) is 0 Å². The number of rotatable bonds is 4. The molecule has 0 aliphatic heterocycles. The number of anilines is 1. The van der Waals surface area contributed by atoms with Crippen molar-refractivity contribution in [2.75, 3.05) is 19.5 Å². The topological polar surface area (TPSA) is 56.5 Å². The van der Waals surface area contributed by atoms with Crippen LogP contribution < -0.4 is 20.5 Å². The molecule has 16 heavy (non-hydrogen) atoms. The molecule has 1 aromatic rings. The molecule has 1 saturated carbocycles. The molecular formula is C12H18N2O2. The highest BCUT2D eigenvalue weighted by atomic mass is 16.5. The van der Waals surface area contributed by atoms with Crippen LogP contribution in [0.25, 0.3) is 0 Å². The SMILES string of the molecule is COc1cc(NC2CC(N)C2)cc(OC)c1. The molecule has 0 bridgehead atoms. The van der Waals surface area contributed by atoms with Crippen LogP contribution in [-0.4, -0.2) is 26.3 Å². The molecule has 1 aromatic carbocycles. The molecule has 4 heteroatoms. The van der Waals surface area contributed by atoms with E-state index in [-0.39, 0.29) is 0 Å². The Morgan fingerprint density at radius 3 is 2.12 bits per heavy atom. The summed E-state index contributed by atoms with van der Waals surface area (Å²) in [7, 11) is 3.30. The van der Waals surface area contributed by atoms with Crippen LogP contribution in [0.15, 0.2) is 18.2 Å². The zero-order valence-electron chi connectivity index (χ0n) is 9.69. The number of nitrogens with one attached hydrogen (secondary N) is 1. The minimum Gasteiger partial charge on any atom is -0.497 e. The summed E-state index contributed by atoms with van der Waals surface area (Å²) in [5, 5.41) is 3.42. The van der Waals surface area contributed by atoms with E-state index in [2.05, 4.69) is 5.32 Å². The lowest BCUT2D eigenvalue weighted by atomic mass is 9.87. The smallest absolute Gasteiger partial charge is 0.124 e. The van der Waals surface area contributed by atoms with Crippen molar-refractivity contribution >= 4 is 5.69 Å². The van der Waals surface area contributed by atoms with Gasteiger partial charge in [0.05, 0.1) is 14.2 Å². The van der Waals surface area contributed by atoms with Crippen LogP contribution in [0.5, 0.6) is 11.5 Å². The summed E-state index contributed by atoms with van der Waals surface area (Å²) in [6, 6.07) is 6.62. The monoisotopic (exact) mass is 222 g/mol. The van der Waals surface area contributed by atoms with Crippen molar-refractivity contribution in [2.45, 2.75) is 24.9 Å². The second kappa shape index (κ2) is 4.61. The zero-order chi connectivity index (χ0) is 11.5. The zero-order valence-corrected chi connectivity index (χ0v) is 9.69. The summed E-state index contributed by atoms with van der Waals surface area (Å²) in [6.07, 6.45) is 2.05. The van der Waals surface area contributed by atoms with Crippen LogP contribution in [-0.2, 0) is 0 Å². The van der Waals surface area contributed by atoms with Crippen LogP contribution in [0.3, 0.4) is 0 Å². The molecule has 0 heterocycles. The van der Waals surface area contributed by atoms with Gasteiger partial charge in [-0.1, -0.05) is 0 Å². The Morgan fingerprint density at radius 2 is 1.69 bits per heavy atom. The summed E-state index contributed by atoms with van der Waals surface area (Å²) in [6.45, 7) is 0. The van der Waals surface area contributed by atoms with Gasteiger partial charge in [0.15, 0.2) is 0 Å². The Balaban J connectivity index is 2.07. The highest BCUT2D eigenvalue weighted by Gasteiger charge is 2.25. The Bertz CT molecular complexity index is 340. The molecular weight excluding hydrogens is 204 g/mol. The number of hydrogen-bond acceptors (Lipinski definition) is 4. The molecule has 0 atom stereocenters. The fourth-order valence-electron chi connectivity index (χ4n) is 1.91. The van der Waals surface area contributed by atoms with Gasteiger partial charge in [-0.25, -0.2) is 0 Å². The average Bonchev–Trinajstić information content (AvgIpc) is 2.26. The van der Waals surface area contributed by atoms with Gasteiger partial charge in [0, 0.05) is 36.0 Å². The minimum atomic E-state index is 0.352. The molecule has 0 radical (unpaired) electrons. The summed E-state index contributed by atoms with van der Waals surface area (Å²) in [5.74, 6) is 1.59. The van der Waals surface area contributed by atoms with Gasteiger partial charge in [-0.3, -0.25) is 0 Å². The number of hydrogen-bond donors (Lipinski definition) is 2. The summed E-state index contributed by atoms with van der Waals surface area (Å²) in [5.41, 5.74) is 6.77. The number of ether oxygens (including phenoxy) is 2. The quantitative estimate of drug-likeness (QED) is 0.812. The normalized spacial score (nSPS) is 23.4. The van der Waals surface area contributed by atoms with Gasteiger partial charge in [-0.2, -0.15) is 0 Å². The Kier molecular flexibility index (Phi) is 3.19. The fraction of sp³-hybridized carbons (Fsp3) is 0.500. The van der Waals surface area contributed by atoms with E-state index >= 15 is 0 Å². The maximum Gasteiger partial charge on any atom is 0.124 e. The fourth-order valence-corrected chi connectivity index (χ4v) is 1.91. The van der Waals surface area contributed by atoms with Crippen molar-refractivity contribution in [3.05, 3.63) is 18.2 Å². The van der Waals surface area contributed by atoms with Crippen LogP contribution >= 0.6 is 0 Å². The molecule has 0 saturated heterocycles. The predicted molar refractivity (Wildman–Crippen MR) is 64.2 cm³/mol. The van der Waals surface area contributed by atoms with E-state index in [1.807, 2.05) is 18.2 Å². The van der Waals surface area contributed by atoms with E-state index in [4.69, 9.17) is 15.2 Å². The molecule has 2 rings (SSSR count). The second-order valence-corrected chi connectivity index (χ2v) is 4.17.